The van der Waals surface area contributed by atoms with Gasteiger partial charge in [-0.05, 0) is 47.4 Å². The quantitative estimate of drug-likeness (QED) is 0.736. The predicted molar refractivity (Wildman–Crippen MR) is 101 cm³/mol. The second-order valence-corrected chi connectivity index (χ2v) is 6.38. The number of halogens is 1. The Hall–Kier alpha value is -2.65. The number of nitrogens with zero attached hydrogens (tertiary/aromatic N) is 1. The van der Waals surface area contributed by atoms with Crippen molar-refractivity contribution in [3.63, 3.8) is 0 Å². The van der Waals surface area contributed by atoms with Crippen molar-refractivity contribution in [2.24, 2.45) is 0 Å². The molecule has 0 aliphatic carbocycles. The first-order valence-corrected chi connectivity index (χ1v) is 8.50. The van der Waals surface area contributed by atoms with Gasteiger partial charge in [0.1, 0.15) is 0 Å². The van der Waals surface area contributed by atoms with E-state index in [0.717, 1.165) is 22.3 Å². The van der Waals surface area contributed by atoms with E-state index in [1.54, 1.807) is 12.4 Å². The normalized spacial score (nSPS) is 11.8. The van der Waals surface area contributed by atoms with E-state index >= 15 is 0 Å². The molecule has 0 spiro atoms. The van der Waals surface area contributed by atoms with Crippen LogP contribution in [0.2, 0.25) is 5.02 Å². The number of nitrogens with one attached hydrogen (secondary N) is 1. The number of hydrogen-bond acceptors (Lipinski definition) is 2. The molecule has 0 aliphatic rings. The molecule has 1 amide bonds. The Kier molecular flexibility index (Phi) is 5.46. The summed E-state index contributed by atoms with van der Waals surface area (Å²) in [6.45, 7) is 2.01. The fourth-order valence-electron chi connectivity index (χ4n) is 2.75. The van der Waals surface area contributed by atoms with E-state index in [2.05, 4.69) is 10.3 Å². The maximum absolute atomic E-state index is 12.6. The molecule has 0 radical (unpaired) electrons. The summed E-state index contributed by atoms with van der Waals surface area (Å²) in [5.41, 5.74) is 4.04. The highest BCUT2D eigenvalue weighted by Crippen LogP contribution is 2.23. The maximum Gasteiger partial charge on any atom is 0.225 e. The van der Waals surface area contributed by atoms with Crippen molar-refractivity contribution in [2.45, 2.75) is 19.4 Å². The van der Waals surface area contributed by atoms with Crippen LogP contribution in [0.5, 0.6) is 0 Å². The van der Waals surface area contributed by atoms with Crippen LogP contribution in [0.4, 0.5) is 0 Å². The van der Waals surface area contributed by atoms with Gasteiger partial charge in [-0.1, -0.05) is 54.1 Å². The molecule has 3 rings (SSSR count). The molecule has 4 heteroatoms. The molecule has 0 bridgehead atoms. The number of hydrogen-bond donors (Lipinski definition) is 1. The zero-order chi connectivity index (χ0) is 17.6. The van der Waals surface area contributed by atoms with Gasteiger partial charge in [0.25, 0.3) is 0 Å². The lowest BCUT2D eigenvalue weighted by Gasteiger charge is -2.20. The molecule has 0 fully saturated rings. The lowest BCUT2D eigenvalue weighted by molar-refractivity contribution is -0.120. The summed E-state index contributed by atoms with van der Waals surface area (Å²) in [7, 11) is 0. The van der Waals surface area contributed by atoms with Gasteiger partial charge in [0, 0.05) is 17.4 Å². The Labute approximate surface area is 152 Å². The van der Waals surface area contributed by atoms with Crippen molar-refractivity contribution in [3.8, 4) is 0 Å². The molecule has 126 valence electrons. The Morgan fingerprint density at radius 2 is 1.80 bits per heavy atom. The SMILES string of the molecule is Cc1ccccc1CC(=O)NC(c1ccc(Cl)cc1)c1cccnc1. The first-order valence-electron chi connectivity index (χ1n) is 8.13. The van der Waals surface area contributed by atoms with Gasteiger partial charge < -0.3 is 5.32 Å². The van der Waals surface area contributed by atoms with Crippen molar-refractivity contribution < 1.29 is 4.79 Å². The average Bonchev–Trinajstić information content (AvgIpc) is 2.63. The van der Waals surface area contributed by atoms with Gasteiger partial charge in [-0.2, -0.15) is 0 Å². The van der Waals surface area contributed by atoms with E-state index in [0.29, 0.717) is 11.4 Å². The Morgan fingerprint density at radius 3 is 2.48 bits per heavy atom. The summed E-state index contributed by atoms with van der Waals surface area (Å²) >= 11 is 5.99. The fraction of sp³-hybridized carbons (Fsp3) is 0.143. The standard InChI is InChI=1S/C21H19ClN2O/c1-15-5-2-3-6-17(15)13-20(25)24-21(18-7-4-12-23-14-18)16-8-10-19(22)11-9-16/h2-12,14,21H,13H2,1H3,(H,24,25). The lowest BCUT2D eigenvalue weighted by atomic mass is 9.99. The molecule has 25 heavy (non-hydrogen) atoms. The molecule has 0 saturated carbocycles. The minimum Gasteiger partial charge on any atom is -0.345 e. The summed E-state index contributed by atoms with van der Waals surface area (Å²) in [5.74, 6) is -0.0295. The molecule has 0 saturated heterocycles. The van der Waals surface area contributed by atoms with Crippen LogP contribution in [-0.4, -0.2) is 10.9 Å². The van der Waals surface area contributed by atoms with Crippen molar-refractivity contribution >= 4 is 17.5 Å². The average molecular weight is 351 g/mol. The van der Waals surface area contributed by atoms with Crippen LogP contribution in [0.1, 0.15) is 28.3 Å². The van der Waals surface area contributed by atoms with Gasteiger partial charge in [-0.25, -0.2) is 0 Å². The summed E-state index contributed by atoms with van der Waals surface area (Å²) < 4.78 is 0. The molecule has 2 aromatic carbocycles. The summed E-state index contributed by atoms with van der Waals surface area (Å²) in [6, 6.07) is 19.0. The zero-order valence-corrected chi connectivity index (χ0v) is 14.7. The minimum absolute atomic E-state index is 0.0295. The van der Waals surface area contributed by atoms with E-state index < -0.39 is 0 Å². The van der Waals surface area contributed by atoms with E-state index in [-0.39, 0.29) is 11.9 Å². The molecule has 1 unspecified atom stereocenters. The first-order chi connectivity index (χ1) is 12.1. The number of carbonyl (C=O) groups excluding carboxylic acids is 1. The van der Waals surface area contributed by atoms with Crippen LogP contribution >= 0.6 is 11.6 Å². The molecule has 1 N–H and O–H groups in total. The molecule has 1 aromatic heterocycles. The molecular weight excluding hydrogens is 332 g/mol. The highest BCUT2D eigenvalue weighted by atomic mass is 35.5. The Morgan fingerprint density at radius 1 is 1.04 bits per heavy atom. The zero-order valence-electron chi connectivity index (χ0n) is 13.9. The third-order valence-corrected chi connectivity index (χ3v) is 4.39. The molecule has 3 nitrogen and oxygen atoms in total. The molecule has 3 aromatic rings. The molecule has 1 heterocycles. The van der Waals surface area contributed by atoms with Crippen LogP contribution < -0.4 is 5.32 Å². The highest BCUT2D eigenvalue weighted by Gasteiger charge is 2.17. The molecule has 0 aliphatic heterocycles. The van der Waals surface area contributed by atoms with Crippen LogP contribution in [0.25, 0.3) is 0 Å². The van der Waals surface area contributed by atoms with Crippen molar-refractivity contribution in [1.29, 1.82) is 0 Å². The van der Waals surface area contributed by atoms with Crippen molar-refractivity contribution in [3.05, 3.63) is 100 Å². The topological polar surface area (TPSA) is 42.0 Å². The van der Waals surface area contributed by atoms with E-state index in [4.69, 9.17) is 11.6 Å². The summed E-state index contributed by atoms with van der Waals surface area (Å²) in [6.07, 6.45) is 3.84. The smallest absolute Gasteiger partial charge is 0.225 e. The van der Waals surface area contributed by atoms with Crippen LogP contribution in [0, 0.1) is 6.92 Å². The molecule has 1 atom stereocenters. The first kappa shape index (κ1) is 17.2. The van der Waals surface area contributed by atoms with Crippen LogP contribution in [0.15, 0.2) is 73.1 Å². The number of amides is 1. The number of rotatable bonds is 5. The number of aromatic nitrogens is 1. The van der Waals surface area contributed by atoms with Gasteiger partial charge in [0.05, 0.1) is 12.5 Å². The maximum atomic E-state index is 12.6. The number of pyridine rings is 1. The number of carbonyl (C=O) groups is 1. The van der Waals surface area contributed by atoms with Gasteiger partial charge in [-0.15, -0.1) is 0 Å². The van der Waals surface area contributed by atoms with Gasteiger partial charge in [0.15, 0.2) is 0 Å². The van der Waals surface area contributed by atoms with Gasteiger partial charge >= 0.3 is 0 Å². The molecular formula is C21H19ClN2O. The lowest BCUT2D eigenvalue weighted by Crippen LogP contribution is -2.30. The third-order valence-electron chi connectivity index (χ3n) is 4.14. The van der Waals surface area contributed by atoms with E-state index in [9.17, 15) is 4.79 Å². The van der Waals surface area contributed by atoms with Crippen molar-refractivity contribution in [1.82, 2.24) is 10.3 Å². The number of benzene rings is 2. The second kappa shape index (κ2) is 7.95. The van der Waals surface area contributed by atoms with Crippen LogP contribution in [0.3, 0.4) is 0 Å². The summed E-state index contributed by atoms with van der Waals surface area (Å²) in [4.78, 5) is 16.8. The van der Waals surface area contributed by atoms with E-state index in [1.807, 2.05) is 67.6 Å². The van der Waals surface area contributed by atoms with Crippen LogP contribution in [-0.2, 0) is 11.2 Å². The third kappa shape index (κ3) is 4.46. The van der Waals surface area contributed by atoms with Gasteiger partial charge in [-0.3, -0.25) is 9.78 Å². The fourth-order valence-corrected chi connectivity index (χ4v) is 2.88. The predicted octanol–water partition coefficient (Wildman–Crippen LogP) is 4.49. The van der Waals surface area contributed by atoms with Crippen molar-refractivity contribution in [2.75, 3.05) is 0 Å². The Balaban J connectivity index is 1.84. The van der Waals surface area contributed by atoms with E-state index in [1.165, 1.54) is 0 Å². The Bertz CT molecular complexity index is 847. The minimum atomic E-state index is -0.262. The summed E-state index contributed by atoms with van der Waals surface area (Å²) in [5, 5.41) is 3.79. The van der Waals surface area contributed by atoms with Gasteiger partial charge in [0.2, 0.25) is 5.91 Å². The monoisotopic (exact) mass is 350 g/mol. The highest BCUT2D eigenvalue weighted by molar-refractivity contribution is 6.30. The number of aryl methyl sites for hydroxylation is 1. The largest absolute Gasteiger partial charge is 0.345 e. The second-order valence-electron chi connectivity index (χ2n) is 5.94.